The number of halogens is 1. The molecule has 4 heteroatoms. The molecule has 2 nitrogen and oxygen atoms in total. The summed E-state index contributed by atoms with van der Waals surface area (Å²) in [4.78, 5) is 1.34. The van der Waals surface area contributed by atoms with Gasteiger partial charge in [-0.25, -0.2) is 0 Å². The van der Waals surface area contributed by atoms with Crippen molar-refractivity contribution in [2.24, 2.45) is 0 Å². The van der Waals surface area contributed by atoms with Gasteiger partial charge in [0.1, 0.15) is 5.75 Å². The lowest BCUT2D eigenvalue weighted by atomic mass is 10.0. The summed E-state index contributed by atoms with van der Waals surface area (Å²) in [5, 5.41) is 13.3. The quantitative estimate of drug-likeness (QED) is 0.787. The van der Waals surface area contributed by atoms with E-state index in [1.807, 2.05) is 17.8 Å². The van der Waals surface area contributed by atoms with Crippen molar-refractivity contribution < 1.29 is 5.11 Å². The highest BCUT2D eigenvalue weighted by Gasteiger charge is 2.20. The molecule has 0 radical (unpaired) electrons. The first-order valence-electron chi connectivity index (χ1n) is 6.21. The molecule has 0 bridgehead atoms. The summed E-state index contributed by atoms with van der Waals surface area (Å²) < 4.78 is 0. The van der Waals surface area contributed by atoms with Crippen molar-refractivity contribution in [2.45, 2.75) is 17.4 Å². The summed E-state index contributed by atoms with van der Waals surface area (Å²) in [7, 11) is 0. The number of fused-ring (bicyclic) bond motifs is 1. The second-order valence-electron chi connectivity index (χ2n) is 4.54. The maximum Gasteiger partial charge on any atom is 0.134 e. The Morgan fingerprint density at radius 3 is 2.89 bits per heavy atom. The Kier molecular flexibility index (Phi) is 3.58. The van der Waals surface area contributed by atoms with Crippen molar-refractivity contribution >= 4 is 29.1 Å². The summed E-state index contributed by atoms with van der Waals surface area (Å²) in [6.45, 7) is 0. The number of phenols is 1. The van der Waals surface area contributed by atoms with Gasteiger partial charge in [0.15, 0.2) is 0 Å². The second-order valence-corrected chi connectivity index (χ2v) is 6.08. The first-order valence-corrected chi connectivity index (χ1v) is 7.57. The zero-order valence-electron chi connectivity index (χ0n) is 10.3. The van der Waals surface area contributed by atoms with Gasteiger partial charge in [-0.3, -0.25) is 0 Å². The molecule has 1 aliphatic heterocycles. The standard InChI is InChI=1S/C15H14ClNOS/c16-12-9-10(5-6-14(12)18)17-13-7-8-19-15-4-2-1-3-11(13)15/h1-6,9,13,17-18H,7-8H2. The van der Waals surface area contributed by atoms with Gasteiger partial charge in [-0.05, 0) is 36.2 Å². The maximum absolute atomic E-state index is 9.44. The highest BCUT2D eigenvalue weighted by Crippen LogP contribution is 2.38. The van der Waals surface area contributed by atoms with Gasteiger partial charge in [0.05, 0.1) is 11.1 Å². The number of nitrogens with one attached hydrogen (secondary N) is 1. The Morgan fingerprint density at radius 2 is 2.05 bits per heavy atom. The molecule has 2 aromatic rings. The van der Waals surface area contributed by atoms with Gasteiger partial charge in [0.2, 0.25) is 0 Å². The number of phenolic OH excluding ortho intramolecular Hbond substituents is 1. The van der Waals surface area contributed by atoms with E-state index in [2.05, 4.69) is 29.6 Å². The molecule has 0 aliphatic carbocycles. The van der Waals surface area contributed by atoms with Crippen LogP contribution in [0.5, 0.6) is 5.75 Å². The van der Waals surface area contributed by atoms with Crippen molar-refractivity contribution in [1.82, 2.24) is 0 Å². The number of rotatable bonds is 2. The predicted molar refractivity (Wildman–Crippen MR) is 81.3 cm³/mol. The van der Waals surface area contributed by atoms with E-state index in [0.29, 0.717) is 11.1 Å². The van der Waals surface area contributed by atoms with E-state index in [-0.39, 0.29) is 5.75 Å². The van der Waals surface area contributed by atoms with Gasteiger partial charge in [-0.2, -0.15) is 0 Å². The van der Waals surface area contributed by atoms with Crippen LogP contribution in [-0.4, -0.2) is 10.9 Å². The Bertz CT molecular complexity index is 602. The molecule has 3 rings (SSSR count). The van der Waals surface area contributed by atoms with Crippen LogP contribution in [0, 0.1) is 0 Å². The molecule has 0 amide bonds. The van der Waals surface area contributed by atoms with E-state index >= 15 is 0 Å². The minimum absolute atomic E-state index is 0.117. The molecule has 98 valence electrons. The van der Waals surface area contributed by atoms with Crippen molar-refractivity contribution in [3.63, 3.8) is 0 Å². The van der Waals surface area contributed by atoms with Crippen molar-refractivity contribution in [3.8, 4) is 5.75 Å². The lowest BCUT2D eigenvalue weighted by molar-refractivity contribution is 0.475. The van der Waals surface area contributed by atoms with Crippen molar-refractivity contribution in [2.75, 3.05) is 11.1 Å². The lowest BCUT2D eigenvalue weighted by Crippen LogP contribution is -2.15. The highest BCUT2D eigenvalue weighted by molar-refractivity contribution is 7.99. The molecule has 0 aromatic heterocycles. The lowest BCUT2D eigenvalue weighted by Gasteiger charge is -2.26. The third-order valence-corrected chi connectivity index (χ3v) is 4.67. The van der Waals surface area contributed by atoms with Crippen LogP contribution < -0.4 is 5.32 Å². The van der Waals surface area contributed by atoms with Crippen LogP contribution in [0.2, 0.25) is 5.02 Å². The zero-order valence-corrected chi connectivity index (χ0v) is 11.8. The fraction of sp³-hybridized carbons (Fsp3) is 0.200. The fourth-order valence-corrected chi connectivity index (χ4v) is 3.60. The first-order chi connectivity index (χ1) is 9.24. The van der Waals surface area contributed by atoms with Gasteiger partial charge < -0.3 is 10.4 Å². The number of hydrogen-bond acceptors (Lipinski definition) is 3. The van der Waals surface area contributed by atoms with Crippen molar-refractivity contribution in [1.29, 1.82) is 0 Å². The maximum atomic E-state index is 9.44. The first kappa shape index (κ1) is 12.7. The van der Waals surface area contributed by atoms with Crippen LogP contribution in [0.3, 0.4) is 0 Å². The van der Waals surface area contributed by atoms with E-state index in [1.54, 1.807) is 12.1 Å². The molecule has 2 aromatic carbocycles. The number of anilines is 1. The number of thioether (sulfide) groups is 1. The van der Waals surface area contributed by atoms with E-state index in [4.69, 9.17) is 11.6 Å². The minimum atomic E-state index is 0.117. The van der Waals surface area contributed by atoms with E-state index in [0.717, 1.165) is 17.9 Å². The highest BCUT2D eigenvalue weighted by atomic mass is 35.5. The normalized spacial score (nSPS) is 17.8. The summed E-state index contributed by atoms with van der Waals surface area (Å²) in [5.74, 6) is 1.23. The predicted octanol–water partition coefficient (Wildman–Crippen LogP) is 4.69. The molecular formula is C15H14ClNOS. The molecule has 1 atom stereocenters. The minimum Gasteiger partial charge on any atom is -0.506 e. The third kappa shape index (κ3) is 2.67. The summed E-state index contributed by atoms with van der Waals surface area (Å²) in [5.41, 5.74) is 2.28. The van der Waals surface area contributed by atoms with E-state index in [1.165, 1.54) is 10.5 Å². The van der Waals surface area contributed by atoms with Gasteiger partial charge in [-0.1, -0.05) is 29.8 Å². The number of benzene rings is 2. The molecule has 0 saturated carbocycles. The van der Waals surface area contributed by atoms with E-state index in [9.17, 15) is 5.11 Å². The van der Waals surface area contributed by atoms with Crippen LogP contribution >= 0.6 is 23.4 Å². The van der Waals surface area contributed by atoms with Crippen LogP contribution in [0.15, 0.2) is 47.4 Å². The van der Waals surface area contributed by atoms with Gasteiger partial charge >= 0.3 is 0 Å². The summed E-state index contributed by atoms with van der Waals surface area (Å²) in [6, 6.07) is 14.0. The summed E-state index contributed by atoms with van der Waals surface area (Å²) >= 11 is 7.84. The molecule has 1 heterocycles. The molecule has 2 N–H and O–H groups in total. The van der Waals surface area contributed by atoms with Gasteiger partial charge in [0, 0.05) is 16.3 Å². The topological polar surface area (TPSA) is 32.3 Å². The molecule has 0 saturated heterocycles. The van der Waals surface area contributed by atoms with E-state index < -0.39 is 0 Å². The van der Waals surface area contributed by atoms with Gasteiger partial charge in [-0.15, -0.1) is 11.8 Å². The molecule has 1 aliphatic rings. The Hall–Kier alpha value is -1.32. The Balaban J connectivity index is 1.86. The van der Waals surface area contributed by atoms with Crippen LogP contribution in [0.25, 0.3) is 0 Å². The fourth-order valence-electron chi connectivity index (χ4n) is 2.29. The monoisotopic (exact) mass is 291 g/mol. The molecule has 0 spiro atoms. The number of aromatic hydroxyl groups is 1. The smallest absolute Gasteiger partial charge is 0.134 e. The second kappa shape index (κ2) is 5.35. The van der Waals surface area contributed by atoms with Gasteiger partial charge in [0.25, 0.3) is 0 Å². The number of hydrogen-bond donors (Lipinski definition) is 2. The Labute approximate surface area is 121 Å². The molecule has 19 heavy (non-hydrogen) atoms. The third-order valence-electron chi connectivity index (χ3n) is 3.25. The molecular weight excluding hydrogens is 278 g/mol. The van der Waals surface area contributed by atoms with Crippen LogP contribution in [0.1, 0.15) is 18.0 Å². The van der Waals surface area contributed by atoms with Crippen LogP contribution in [0.4, 0.5) is 5.69 Å². The zero-order chi connectivity index (χ0) is 13.2. The average molecular weight is 292 g/mol. The largest absolute Gasteiger partial charge is 0.506 e. The van der Waals surface area contributed by atoms with Crippen molar-refractivity contribution in [3.05, 3.63) is 53.1 Å². The molecule has 0 fully saturated rings. The SMILES string of the molecule is Oc1ccc(NC2CCSc3ccccc32)cc1Cl. The molecule has 1 unspecified atom stereocenters. The van der Waals surface area contributed by atoms with Crippen LogP contribution in [-0.2, 0) is 0 Å². The Morgan fingerprint density at radius 1 is 1.21 bits per heavy atom. The summed E-state index contributed by atoms with van der Waals surface area (Å²) in [6.07, 6.45) is 1.08. The average Bonchev–Trinajstić information content (AvgIpc) is 2.43.